The number of unbranched alkanes of at least 4 members (excludes halogenated alkanes) is 12. The van der Waals surface area contributed by atoms with Crippen molar-refractivity contribution in [2.75, 3.05) is 6.61 Å². The first kappa shape index (κ1) is 32.7. The average Bonchev–Trinajstić information content (AvgIpc) is 3.00. The molecule has 0 amide bonds. The van der Waals surface area contributed by atoms with Crippen molar-refractivity contribution in [3.63, 3.8) is 0 Å². The second kappa shape index (κ2) is 19.3. The maximum Gasteiger partial charge on any atom is 0.165 e. The van der Waals surface area contributed by atoms with Gasteiger partial charge in [-0.25, -0.2) is 0 Å². The van der Waals surface area contributed by atoms with Crippen molar-refractivity contribution in [3.8, 4) is 11.5 Å². The monoisotopic (exact) mass is 558 g/mol. The molecule has 0 saturated heterocycles. The van der Waals surface area contributed by atoms with Gasteiger partial charge in [-0.05, 0) is 53.4 Å². The predicted octanol–water partition coefficient (Wildman–Crippen LogP) is 11.5. The average molecular weight is 559 g/mol. The molecule has 0 aliphatic carbocycles. The minimum Gasteiger partial charge on any atom is -0.494 e. The first-order valence-corrected chi connectivity index (χ1v) is 16.5. The van der Waals surface area contributed by atoms with Crippen LogP contribution >= 0.6 is 0 Å². The summed E-state index contributed by atoms with van der Waals surface area (Å²) in [7, 11) is 0. The molecule has 41 heavy (non-hydrogen) atoms. The van der Waals surface area contributed by atoms with Crippen LogP contribution in [0, 0.1) is 5.92 Å². The molecule has 224 valence electrons. The van der Waals surface area contributed by atoms with Crippen LogP contribution in [0.2, 0.25) is 0 Å². The van der Waals surface area contributed by atoms with E-state index in [1.807, 2.05) is 30.3 Å². The van der Waals surface area contributed by atoms with E-state index in [1.54, 1.807) is 0 Å². The van der Waals surface area contributed by atoms with E-state index >= 15 is 0 Å². The van der Waals surface area contributed by atoms with Crippen molar-refractivity contribution in [3.05, 3.63) is 71.8 Å². The predicted molar refractivity (Wildman–Crippen MR) is 174 cm³/mol. The lowest BCUT2D eigenvalue weighted by Crippen LogP contribution is -2.11. The molecule has 0 bridgehead atoms. The van der Waals surface area contributed by atoms with Crippen molar-refractivity contribution in [2.45, 2.75) is 124 Å². The molecule has 0 spiro atoms. The van der Waals surface area contributed by atoms with Gasteiger partial charge in [-0.1, -0.05) is 141 Å². The minimum absolute atomic E-state index is 0.0807. The molecule has 0 radical (unpaired) electrons. The number of ketones is 1. The number of carbonyl (C=O) groups excluding carboxylic acids is 1. The van der Waals surface area contributed by atoms with Crippen molar-refractivity contribution >= 4 is 16.6 Å². The Morgan fingerprint density at radius 3 is 1.71 bits per heavy atom. The van der Waals surface area contributed by atoms with Crippen LogP contribution in [0.25, 0.3) is 10.8 Å². The van der Waals surface area contributed by atoms with Crippen LogP contribution in [0.1, 0.15) is 133 Å². The number of Topliss-reactive ketones (excluding diaryl/α,β-unsaturated/α-hetero) is 1. The van der Waals surface area contributed by atoms with E-state index in [0.717, 1.165) is 59.3 Å². The van der Waals surface area contributed by atoms with Crippen molar-refractivity contribution < 1.29 is 14.3 Å². The maximum atomic E-state index is 12.8. The van der Waals surface area contributed by atoms with E-state index in [4.69, 9.17) is 9.47 Å². The van der Waals surface area contributed by atoms with E-state index in [2.05, 4.69) is 51.1 Å². The van der Waals surface area contributed by atoms with Crippen LogP contribution in [-0.4, -0.2) is 12.4 Å². The summed E-state index contributed by atoms with van der Waals surface area (Å²) in [5.74, 6) is 2.11. The van der Waals surface area contributed by atoms with Crippen molar-refractivity contribution in [1.82, 2.24) is 0 Å². The molecular formula is C38H54O3. The molecule has 3 rings (SSSR count). The number of carbonyl (C=O) groups is 1. The Hall–Kier alpha value is -2.81. The summed E-state index contributed by atoms with van der Waals surface area (Å²) >= 11 is 0. The number of hydrogen-bond acceptors (Lipinski definition) is 3. The number of fused-ring (bicyclic) bond motifs is 1. The van der Waals surface area contributed by atoms with Crippen LogP contribution in [-0.2, 0) is 6.61 Å². The zero-order chi connectivity index (χ0) is 29.1. The second-order valence-electron chi connectivity index (χ2n) is 11.8. The third kappa shape index (κ3) is 12.3. The van der Waals surface area contributed by atoms with Gasteiger partial charge < -0.3 is 9.47 Å². The quantitative estimate of drug-likeness (QED) is 0.0908. The van der Waals surface area contributed by atoms with E-state index in [9.17, 15) is 4.79 Å². The zero-order valence-electron chi connectivity index (χ0n) is 26.1. The summed E-state index contributed by atoms with van der Waals surface area (Å²) in [6.45, 7) is 7.80. The molecule has 0 aliphatic heterocycles. The van der Waals surface area contributed by atoms with Gasteiger partial charge in [0.15, 0.2) is 5.78 Å². The Labute approximate surface area is 250 Å². The summed E-state index contributed by atoms with van der Waals surface area (Å²) in [4.78, 5) is 12.8. The third-order valence-electron chi connectivity index (χ3n) is 8.13. The van der Waals surface area contributed by atoms with Gasteiger partial charge in [-0.2, -0.15) is 0 Å². The Morgan fingerprint density at radius 2 is 1.12 bits per heavy atom. The van der Waals surface area contributed by atoms with Crippen LogP contribution in [0.15, 0.2) is 60.7 Å². The highest BCUT2D eigenvalue weighted by atomic mass is 16.5. The van der Waals surface area contributed by atoms with Crippen molar-refractivity contribution in [2.24, 2.45) is 5.92 Å². The van der Waals surface area contributed by atoms with E-state index in [0.29, 0.717) is 6.61 Å². The molecular weight excluding hydrogens is 504 g/mol. The molecule has 0 aliphatic rings. The van der Waals surface area contributed by atoms with Gasteiger partial charge in [-0.3, -0.25) is 4.79 Å². The van der Waals surface area contributed by atoms with Crippen molar-refractivity contribution in [1.29, 1.82) is 0 Å². The fourth-order valence-electron chi connectivity index (χ4n) is 5.39. The summed E-state index contributed by atoms with van der Waals surface area (Å²) in [5, 5.41) is 2.30. The van der Waals surface area contributed by atoms with Crippen LogP contribution in [0.5, 0.6) is 11.5 Å². The first-order valence-electron chi connectivity index (χ1n) is 16.5. The first-order chi connectivity index (χ1) is 20.1. The van der Waals surface area contributed by atoms with Gasteiger partial charge in [0.05, 0.1) is 6.61 Å². The van der Waals surface area contributed by atoms with Gasteiger partial charge in [0, 0.05) is 11.5 Å². The highest BCUT2D eigenvalue weighted by molar-refractivity contribution is 5.97. The summed E-state index contributed by atoms with van der Waals surface area (Å²) in [6, 6.07) is 20.4. The molecule has 3 nitrogen and oxygen atoms in total. The number of hydrogen-bond donors (Lipinski definition) is 0. The van der Waals surface area contributed by atoms with Crippen LogP contribution < -0.4 is 9.47 Å². The Bertz CT molecular complexity index is 1130. The Morgan fingerprint density at radius 1 is 0.610 bits per heavy atom. The number of ether oxygens (including phenoxy) is 2. The molecule has 0 aromatic heterocycles. The lowest BCUT2D eigenvalue weighted by molar-refractivity contribution is 0.0922. The number of rotatable bonds is 22. The second-order valence-corrected chi connectivity index (χ2v) is 11.8. The Balaban J connectivity index is 1.36. The van der Waals surface area contributed by atoms with E-state index in [-0.39, 0.29) is 11.7 Å². The topological polar surface area (TPSA) is 35.5 Å². The molecule has 0 saturated carbocycles. The van der Waals surface area contributed by atoms with E-state index in [1.165, 1.54) is 77.0 Å². The van der Waals surface area contributed by atoms with Gasteiger partial charge in [-0.15, -0.1) is 0 Å². The standard InChI is InChI=1S/C38H54O3/c1-4-6-8-10-11-12-13-14-15-17-27-40-36-25-23-35-29-37(26-24-34(35)28-36)41-30-32-19-21-33(22-20-32)38(39)31(3)18-16-9-7-5-2/h19-26,28-29,31H,4-18,27,30H2,1-3H3/t31-/m1/s1. The largest absolute Gasteiger partial charge is 0.494 e. The third-order valence-corrected chi connectivity index (χ3v) is 8.13. The van der Waals surface area contributed by atoms with Gasteiger partial charge >= 0.3 is 0 Å². The zero-order valence-corrected chi connectivity index (χ0v) is 26.1. The SMILES string of the molecule is CCCCCCCCCCCCOc1ccc2cc(OCc3ccc(C(=O)[C@H](C)CCCCCC)cc3)ccc2c1. The maximum absolute atomic E-state index is 12.8. The van der Waals surface area contributed by atoms with E-state index < -0.39 is 0 Å². The molecule has 3 heteroatoms. The van der Waals surface area contributed by atoms with Crippen LogP contribution in [0.4, 0.5) is 0 Å². The summed E-state index contributed by atoms with van der Waals surface area (Å²) < 4.78 is 12.1. The summed E-state index contributed by atoms with van der Waals surface area (Å²) in [5.41, 5.74) is 1.86. The fraction of sp³-hybridized carbons (Fsp3) is 0.553. The number of benzene rings is 3. The molecule has 3 aromatic carbocycles. The molecule has 3 aromatic rings. The highest BCUT2D eigenvalue weighted by Crippen LogP contribution is 2.26. The lowest BCUT2D eigenvalue weighted by Gasteiger charge is -2.12. The van der Waals surface area contributed by atoms with Gasteiger partial charge in [0.2, 0.25) is 0 Å². The molecule has 0 heterocycles. The molecule has 0 N–H and O–H groups in total. The highest BCUT2D eigenvalue weighted by Gasteiger charge is 2.14. The molecule has 0 fully saturated rings. The lowest BCUT2D eigenvalue weighted by atomic mass is 9.93. The summed E-state index contributed by atoms with van der Waals surface area (Å²) in [6.07, 6.45) is 19.1. The fourth-order valence-corrected chi connectivity index (χ4v) is 5.39. The Kier molecular flexibility index (Phi) is 15.4. The molecule has 0 unspecified atom stereocenters. The van der Waals surface area contributed by atoms with Gasteiger partial charge in [0.25, 0.3) is 0 Å². The normalized spacial score (nSPS) is 12.0. The smallest absolute Gasteiger partial charge is 0.165 e. The van der Waals surface area contributed by atoms with Crippen LogP contribution in [0.3, 0.4) is 0 Å². The minimum atomic E-state index is 0.0807. The van der Waals surface area contributed by atoms with Gasteiger partial charge in [0.1, 0.15) is 18.1 Å². The molecule has 1 atom stereocenters.